The summed E-state index contributed by atoms with van der Waals surface area (Å²) in [5, 5.41) is -5.05. The molecule has 0 saturated heterocycles. The van der Waals surface area contributed by atoms with Crippen molar-refractivity contribution in [3.05, 3.63) is 0 Å². The van der Waals surface area contributed by atoms with E-state index >= 15 is 0 Å². The molecule has 150 valence electrons. The van der Waals surface area contributed by atoms with Crippen LogP contribution in [0.5, 0.6) is 0 Å². The third-order valence-corrected chi connectivity index (χ3v) is 6.08. The van der Waals surface area contributed by atoms with Crippen molar-refractivity contribution in [2.24, 2.45) is 23.7 Å². The topological polar surface area (TPSA) is 107 Å². The number of carbonyl (C=O) groups excluding carboxylic acids is 2. The van der Waals surface area contributed by atoms with Gasteiger partial charge in [-0.2, -0.15) is 17.2 Å². The summed E-state index contributed by atoms with van der Waals surface area (Å²) in [6, 6.07) is 0. The molecule has 26 heavy (non-hydrogen) atoms. The van der Waals surface area contributed by atoms with Gasteiger partial charge in [0.05, 0.1) is 5.92 Å². The first-order valence-corrected chi connectivity index (χ1v) is 10.2. The van der Waals surface area contributed by atoms with E-state index in [9.17, 15) is 26.8 Å². The summed E-state index contributed by atoms with van der Waals surface area (Å²) in [5.41, 5.74) is 0. The fourth-order valence-corrected chi connectivity index (χ4v) is 4.37. The molecule has 10 heteroatoms. The minimum Gasteiger partial charge on any atom is -0.462 e. The molecule has 1 N–H and O–H groups in total. The Morgan fingerprint density at radius 1 is 1.04 bits per heavy atom. The first-order valence-electron chi connectivity index (χ1n) is 8.73. The number of esters is 2. The van der Waals surface area contributed by atoms with E-state index < -0.39 is 40.5 Å². The molecule has 2 atom stereocenters. The highest BCUT2D eigenvalue weighted by molar-refractivity contribution is 7.87. The molecule has 2 rings (SSSR count). The van der Waals surface area contributed by atoms with Crippen LogP contribution in [0.4, 0.5) is 8.78 Å². The fourth-order valence-electron chi connectivity index (χ4n) is 4.10. The zero-order valence-electron chi connectivity index (χ0n) is 14.5. The van der Waals surface area contributed by atoms with Crippen molar-refractivity contribution in [2.45, 2.75) is 50.7 Å². The predicted octanol–water partition coefficient (Wildman–Crippen LogP) is 2.41. The lowest BCUT2D eigenvalue weighted by atomic mass is 9.64. The summed E-state index contributed by atoms with van der Waals surface area (Å²) in [6.07, 6.45) is 5.97. The van der Waals surface area contributed by atoms with Gasteiger partial charge in [-0.05, 0) is 49.9 Å². The van der Waals surface area contributed by atoms with E-state index in [1.165, 1.54) is 0 Å². The monoisotopic (exact) mass is 398 g/mol. The van der Waals surface area contributed by atoms with E-state index in [4.69, 9.17) is 9.29 Å². The second-order valence-corrected chi connectivity index (χ2v) is 8.64. The summed E-state index contributed by atoms with van der Waals surface area (Å²) >= 11 is 0. The van der Waals surface area contributed by atoms with Gasteiger partial charge in [-0.25, -0.2) is 4.79 Å². The van der Waals surface area contributed by atoms with Gasteiger partial charge in [0.2, 0.25) is 0 Å². The van der Waals surface area contributed by atoms with Gasteiger partial charge in [0.1, 0.15) is 13.2 Å². The molecule has 2 fully saturated rings. The molecule has 0 radical (unpaired) electrons. The quantitative estimate of drug-likeness (QED) is 0.399. The number of fused-ring (bicyclic) bond motifs is 2. The third kappa shape index (κ3) is 4.91. The molecule has 2 saturated carbocycles. The van der Waals surface area contributed by atoms with Crippen molar-refractivity contribution in [2.75, 3.05) is 13.2 Å². The van der Waals surface area contributed by atoms with Crippen LogP contribution in [0.3, 0.4) is 0 Å². The predicted molar refractivity (Wildman–Crippen MR) is 85.7 cm³/mol. The highest BCUT2D eigenvalue weighted by Gasteiger charge is 2.54. The van der Waals surface area contributed by atoms with Gasteiger partial charge in [-0.1, -0.05) is 13.3 Å². The molecule has 0 aromatic carbocycles. The van der Waals surface area contributed by atoms with Crippen LogP contribution in [0.1, 0.15) is 45.4 Å². The van der Waals surface area contributed by atoms with Crippen LogP contribution in [0.2, 0.25) is 0 Å². The molecule has 2 unspecified atom stereocenters. The summed E-state index contributed by atoms with van der Waals surface area (Å²) in [6.45, 7) is 1.01. The summed E-state index contributed by atoms with van der Waals surface area (Å²) in [4.78, 5) is 23.1. The minimum absolute atomic E-state index is 0.244. The molecular formula is C16H24F2O7S. The van der Waals surface area contributed by atoms with Gasteiger partial charge in [-0.3, -0.25) is 9.35 Å². The Kier molecular flexibility index (Phi) is 6.60. The van der Waals surface area contributed by atoms with Crippen LogP contribution in [0.15, 0.2) is 0 Å². The molecule has 0 aromatic heterocycles. The highest BCUT2D eigenvalue weighted by Crippen LogP contribution is 2.46. The van der Waals surface area contributed by atoms with Crippen LogP contribution >= 0.6 is 0 Å². The Hall–Kier alpha value is -1.29. The van der Waals surface area contributed by atoms with Gasteiger partial charge < -0.3 is 9.47 Å². The highest BCUT2D eigenvalue weighted by atomic mass is 32.2. The average molecular weight is 398 g/mol. The molecule has 0 heterocycles. The fraction of sp³-hybridized carbons (Fsp3) is 0.875. The summed E-state index contributed by atoms with van der Waals surface area (Å²) < 4.78 is 64.1. The number of carbonyl (C=O) groups is 2. The molecule has 7 nitrogen and oxygen atoms in total. The maximum Gasteiger partial charge on any atom is 0.465 e. The molecular weight excluding hydrogens is 374 g/mol. The Balaban J connectivity index is 1.74. The second kappa shape index (κ2) is 8.16. The van der Waals surface area contributed by atoms with Gasteiger partial charge in [0.15, 0.2) is 0 Å². The lowest BCUT2D eigenvalue weighted by Crippen LogP contribution is -2.39. The Bertz CT molecular complexity index is 621. The van der Waals surface area contributed by atoms with Gasteiger partial charge >= 0.3 is 27.3 Å². The lowest BCUT2D eigenvalue weighted by molar-refractivity contribution is -0.166. The minimum atomic E-state index is -5.90. The normalized spacial score (nSPS) is 29.1. The Morgan fingerprint density at radius 3 is 2.08 bits per heavy atom. The second-order valence-electron chi connectivity index (χ2n) is 7.18. The smallest absolute Gasteiger partial charge is 0.462 e. The van der Waals surface area contributed by atoms with Crippen LogP contribution in [-0.4, -0.2) is 43.4 Å². The van der Waals surface area contributed by atoms with Crippen LogP contribution in [0, 0.1) is 23.7 Å². The van der Waals surface area contributed by atoms with E-state index in [2.05, 4.69) is 11.7 Å². The number of alkyl halides is 2. The molecule has 0 aliphatic heterocycles. The number of rotatable bonds is 7. The maximum atomic E-state index is 13.0. The first-order chi connectivity index (χ1) is 12.0. The molecule has 0 amide bonds. The van der Waals surface area contributed by atoms with Crippen LogP contribution < -0.4 is 0 Å². The zero-order chi connectivity index (χ0) is 19.5. The lowest BCUT2D eigenvalue weighted by Gasteiger charge is -2.41. The van der Waals surface area contributed by atoms with Crippen molar-refractivity contribution in [3.8, 4) is 0 Å². The van der Waals surface area contributed by atoms with Gasteiger partial charge in [-0.15, -0.1) is 0 Å². The van der Waals surface area contributed by atoms with Crippen molar-refractivity contribution in [1.29, 1.82) is 0 Å². The first kappa shape index (κ1) is 21.0. The largest absolute Gasteiger partial charge is 0.465 e. The van der Waals surface area contributed by atoms with Gasteiger partial charge in [0.25, 0.3) is 0 Å². The molecule has 0 aromatic rings. The Morgan fingerprint density at radius 2 is 1.58 bits per heavy atom. The van der Waals surface area contributed by atoms with E-state index in [1.807, 2.05) is 0 Å². The van der Waals surface area contributed by atoms with E-state index in [-0.39, 0.29) is 5.92 Å². The van der Waals surface area contributed by atoms with E-state index in [0.717, 1.165) is 38.5 Å². The van der Waals surface area contributed by atoms with Crippen molar-refractivity contribution < 1.29 is 40.8 Å². The van der Waals surface area contributed by atoms with Crippen molar-refractivity contribution >= 4 is 22.1 Å². The molecule has 0 spiro atoms. The molecule has 2 aliphatic rings. The van der Waals surface area contributed by atoms with Crippen molar-refractivity contribution in [3.63, 3.8) is 0 Å². The zero-order valence-corrected chi connectivity index (χ0v) is 15.3. The number of ether oxygens (including phenoxy) is 2. The molecule has 2 aliphatic carbocycles. The average Bonchev–Trinajstić information content (AvgIpc) is 2.56. The van der Waals surface area contributed by atoms with Gasteiger partial charge in [0, 0.05) is 0 Å². The van der Waals surface area contributed by atoms with E-state index in [1.54, 1.807) is 0 Å². The van der Waals surface area contributed by atoms with Crippen molar-refractivity contribution in [1.82, 2.24) is 0 Å². The number of hydrogen-bond donors (Lipinski definition) is 1. The van der Waals surface area contributed by atoms with Crippen LogP contribution in [-0.2, 0) is 29.2 Å². The SMILES string of the molecule is CCC1CC2CC(C1)CC(C(=O)OCCOC(=O)C(F)(F)S(=O)(=O)O)C2. The summed E-state index contributed by atoms with van der Waals surface area (Å²) in [7, 11) is -5.90. The Labute approximate surface area is 151 Å². The standard InChI is InChI=1S/C16H24F2O7S/c1-2-10-5-11-7-12(6-10)9-13(8-11)14(19)24-3-4-25-15(20)16(17,18)26(21,22)23/h10-13H,2-9H2,1H3,(H,21,22,23). The maximum absolute atomic E-state index is 13.0. The summed E-state index contributed by atoms with van der Waals surface area (Å²) in [5.74, 6) is -1.40. The van der Waals surface area contributed by atoms with Crippen LogP contribution in [0.25, 0.3) is 0 Å². The van der Waals surface area contributed by atoms with E-state index in [0.29, 0.717) is 17.8 Å². The number of hydrogen-bond acceptors (Lipinski definition) is 6. The molecule has 2 bridgehead atoms. The number of halogens is 2. The third-order valence-electron chi connectivity index (χ3n) is 5.27.